The molecule has 0 aliphatic carbocycles. The van der Waals surface area contributed by atoms with Gasteiger partial charge in [0, 0.05) is 19.6 Å². The number of likely N-dealkylation sites (N-methyl/N-ethyl adjacent to an activating group) is 1. The molecule has 0 saturated carbocycles. The molecule has 5 nitrogen and oxygen atoms in total. The number of hydrogen-bond acceptors (Lipinski definition) is 4. The van der Waals surface area contributed by atoms with Crippen molar-refractivity contribution < 1.29 is 15.0 Å². The van der Waals surface area contributed by atoms with Gasteiger partial charge in [-0.2, -0.15) is 0 Å². The zero-order valence-corrected chi connectivity index (χ0v) is 11.8. The summed E-state index contributed by atoms with van der Waals surface area (Å²) in [6.45, 7) is 3.97. The van der Waals surface area contributed by atoms with Crippen molar-refractivity contribution in [2.45, 2.75) is 13.3 Å². The van der Waals surface area contributed by atoms with Gasteiger partial charge in [0.2, 0.25) is 0 Å². The van der Waals surface area contributed by atoms with Gasteiger partial charge < -0.3 is 20.0 Å². The van der Waals surface area contributed by atoms with E-state index in [1.54, 1.807) is 11.0 Å². The zero-order valence-electron chi connectivity index (χ0n) is 11.8. The molecule has 1 aromatic rings. The number of amides is 1. The van der Waals surface area contributed by atoms with Gasteiger partial charge in [-0.15, -0.1) is 0 Å². The third-order valence-electron chi connectivity index (χ3n) is 2.84. The zero-order chi connectivity index (χ0) is 14.4. The molecule has 0 aromatic heterocycles. The maximum absolute atomic E-state index is 12.4. The van der Waals surface area contributed by atoms with Crippen LogP contribution in [0.4, 0.5) is 0 Å². The Balaban J connectivity index is 2.89. The standard InChI is InChI=1S/C14H22N2O3/c1-4-8-16(10-9-15(2)3)14(19)11-6-5-7-12(17)13(11)18/h5-7,17-18H,4,8-10H2,1-3H3. The van der Waals surface area contributed by atoms with E-state index in [0.29, 0.717) is 13.1 Å². The molecule has 0 heterocycles. The molecular formula is C14H22N2O3. The first-order chi connectivity index (χ1) is 8.97. The molecule has 0 spiro atoms. The van der Waals surface area contributed by atoms with Gasteiger partial charge in [-0.1, -0.05) is 13.0 Å². The number of aromatic hydroxyl groups is 2. The molecule has 0 saturated heterocycles. The molecule has 0 bridgehead atoms. The quantitative estimate of drug-likeness (QED) is 0.766. The highest BCUT2D eigenvalue weighted by Crippen LogP contribution is 2.29. The Morgan fingerprint density at radius 1 is 1.16 bits per heavy atom. The van der Waals surface area contributed by atoms with Crippen LogP contribution in [0.15, 0.2) is 18.2 Å². The van der Waals surface area contributed by atoms with Crippen molar-refractivity contribution in [2.24, 2.45) is 0 Å². The van der Waals surface area contributed by atoms with Crippen LogP contribution >= 0.6 is 0 Å². The van der Waals surface area contributed by atoms with E-state index in [1.807, 2.05) is 25.9 Å². The molecule has 0 fully saturated rings. The van der Waals surface area contributed by atoms with Gasteiger partial charge in [0.15, 0.2) is 11.5 Å². The molecule has 0 aliphatic heterocycles. The first-order valence-electron chi connectivity index (χ1n) is 6.42. The highest BCUT2D eigenvalue weighted by Gasteiger charge is 2.19. The lowest BCUT2D eigenvalue weighted by Gasteiger charge is -2.24. The number of nitrogens with zero attached hydrogens (tertiary/aromatic N) is 2. The predicted molar refractivity (Wildman–Crippen MR) is 74.5 cm³/mol. The van der Waals surface area contributed by atoms with Gasteiger partial charge in [0.25, 0.3) is 5.91 Å². The summed E-state index contributed by atoms with van der Waals surface area (Å²) in [4.78, 5) is 16.0. The average molecular weight is 266 g/mol. The molecule has 0 atom stereocenters. The lowest BCUT2D eigenvalue weighted by Crippen LogP contribution is -2.37. The van der Waals surface area contributed by atoms with Crippen LogP contribution in [-0.2, 0) is 0 Å². The monoisotopic (exact) mass is 266 g/mol. The predicted octanol–water partition coefficient (Wildman–Crippen LogP) is 1.51. The van der Waals surface area contributed by atoms with Crippen molar-refractivity contribution in [1.82, 2.24) is 9.80 Å². The summed E-state index contributed by atoms with van der Waals surface area (Å²) in [5.74, 6) is -0.870. The number of carbonyl (C=O) groups is 1. The number of para-hydroxylation sites is 1. The average Bonchev–Trinajstić information content (AvgIpc) is 2.37. The van der Waals surface area contributed by atoms with Crippen LogP contribution in [0.2, 0.25) is 0 Å². The normalized spacial score (nSPS) is 10.7. The van der Waals surface area contributed by atoms with E-state index in [9.17, 15) is 15.0 Å². The maximum Gasteiger partial charge on any atom is 0.257 e. The fourth-order valence-electron chi connectivity index (χ4n) is 1.78. The van der Waals surface area contributed by atoms with Crippen LogP contribution in [0.1, 0.15) is 23.7 Å². The minimum atomic E-state index is -0.349. The highest BCUT2D eigenvalue weighted by molar-refractivity contribution is 5.97. The smallest absolute Gasteiger partial charge is 0.257 e. The van der Waals surface area contributed by atoms with Crippen molar-refractivity contribution in [2.75, 3.05) is 33.7 Å². The summed E-state index contributed by atoms with van der Waals surface area (Å²) >= 11 is 0. The maximum atomic E-state index is 12.4. The van der Waals surface area contributed by atoms with Crippen LogP contribution in [0.25, 0.3) is 0 Å². The summed E-state index contributed by atoms with van der Waals surface area (Å²) in [5, 5.41) is 19.2. The molecule has 5 heteroatoms. The summed E-state index contributed by atoms with van der Waals surface area (Å²) in [6, 6.07) is 4.43. The molecule has 1 amide bonds. The summed E-state index contributed by atoms with van der Waals surface area (Å²) in [5.41, 5.74) is 0.146. The lowest BCUT2D eigenvalue weighted by molar-refractivity contribution is 0.0741. The Morgan fingerprint density at radius 2 is 1.84 bits per heavy atom. The fraction of sp³-hybridized carbons (Fsp3) is 0.500. The number of phenols is 2. The second kappa shape index (κ2) is 6.99. The number of carbonyl (C=O) groups excluding carboxylic acids is 1. The minimum absolute atomic E-state index is 0.146. The summed E-state index contributed by atoms with van der Waals surface area (Å²) < 4.78 is 0. The van der Waals surface area contributed by atoms with Crippen molar-refractivity contribution >= 4 is 5.91 Å². The Labute approximate surface area is 114 Å². The Bertz CT molecular complexity index is 433. The van der Waals surface area contributed by atoms with Crippen LogP contribution < -0.4 is 0 Å². The molecule has 0 radical (unpaired) electrons. The van der Waals surface area contributed by atoms with Crippen molar-refractivity contribution in [1.29, 1.82) is 0 Å². The van der Waals surface area contributed by atoms with Gasteiger partial charge in [-0.25, -0.2) is 0 Å². The van der Waals surface area contributed by atoms with Crippen LogP contribution in [0.5, 0.6) is 11.5 Å². The Morgan fingerprint density at radius 3 is 2.42 bits per heavy atom. The first-order valence-corrected chi connectivity index (χ1v) is 6.42. The largest absolute Gasteiger partial charge is 0.504 e. The molecule has 0 aliphatic rings. The molecule has 0 unspecified atom stereocenters. The van der Waals surface area contributed by atoms with Gasteiger partial charge >= 0.3 is 0 Å². The number of rotatable bonds is 6. The van der Waals surface area contributed by atoms with E-state index in [0.717, 1.165) is 13.0 Å². The lowest BCUT2D eigenvalue weighted by atomic mass is 10.1. The van der Waals surface area contributed by atoms with Gasteiger partial charge in [0.1, 0.15) is 0 Å². The third-order valence-corrected chi connectivity index (χ3v) is 2.84. The van der Waals surface area contributed by atoms with E-state index in [-0.39, 0.29) is 23.0 Å². The first kappa shape index (κ1) is 15.3. The van der Waals surface area contributed by atoms with Crippen molar-refractivity contribution in [3.05, 3.63) is 23.8 Å². The number of phenolic OH excluding ortho intramolecular Hbond substituents is 2. The molecule has 1 rings (SSSR count). The van der Waals surface area contributed by atoms with E-state index in [4.69, 9.17) is 0 Å². The molecule has 19 heavy (non-hydrogen) atoms. The topological polar surface area (TPSA) is 64.0 Å². The van der Waals surface area contributed by atoms with E-state index < -0.39 is 0 Å². The second-order valence-corrected chi connectivity index (χ2v) is 4.77. The Hall–Kier alpha value is -1.75. The Kier molecular flexibility index (Phi) is 5.63. The SMILES string of the molecule is CCCN(CCN(C)C)C(=O)c1cccc(O)c1O. The van der Waals surface area contributed by atoms with E-state index in [1.165, 1.54) is 12.1 Å². The molecule has 1 aromatic carbocycles. The molecule has 106 valence electrons. The second-order valence-electron chi connectivity index (χ2n) is 4.77. The fourth-order valence-corrected chi connectivity index (χ4v) is 1.78. The van der Waals surface area contributed by atoms with Gasteiger partial charge in [-0.3, -0.25) is 4.79 Å². The third kappa shape index (κ3) is 4.13. The summed E-state index contributed by atoms with van der Waals surface area (Å²) in [6.07, 6.45) is 0.846. The van der Waals surface area contributed by atoms with Gasteiger partial charge in [-0.05, 0) is 32.6 Å². The number of benzene rings is 1. The molecular weight excluding hydrogens is 244 g/mol. The minimum Gasteiger partial charge on any atom is -0.504 e. The van der Waals surface area contributed by atoms with Crippen LogP contribution in [-0.4, -0.2) is 59.6 Å². The van der Waals surface area contributed by atoms with Crippen molar-refractivity contribution in [3.8, 4) is 11.5 Å². The molecule has 2 N–H and O–H groups in total. The van der Waals surface area contributed by atoms with E-state index >= 15 is 0 Å². The van der Waals surface area contributed by atoms with Crippen molar-refractivity contribution in [3.63, 3.8) is 0 Å². The number of hydrogen-bond donors (Lipinski definition) is 2. The summed E-state index contributed by atoms with van der Waals surface area (Å²) in [7, 11) is 3.89. The van der Waals surface area contributed by atoms with Gasteiger partial charge in [0.05, 0.1) is 5.56 Å². The van der Waals surface area contributed by atoms with Crippen LogP contribution in [0, 0.1) is 0 Å². The highest BCUT2D eigenvalue weighted by atomic mass is 16.3. The van der Waals surface area contributed by atoms with E-state index in [2.05, 4.69) is 0 Å². The van der Waals surface area contributed by atoms with Crippen LogP contribution in [0.3, 0.4) is 0 Å².